The highest BCUT2D eigenvalue weighted by Gasteiger charge is 2.43. The molecule has 10 aromatic carbocycles. The van der Waals surface area contributed by atoms with Crippen LogP contribution in [0.15, 0.2) is 176 Å². The zero-order valence-corrected chi connectivity index (χ0v) is 50.4. The maximum atomic E-state index is 15.1. The number of halogens is 30. The molecule has 104 heavy (non-hydrogen) atoms. The molecule has 0 amide bonds. The summed E-state index contributed by atoms with van der Waals surface area (Å²) in [4.78, 5) is 0. The van der Waals surface area contributed by atoms with Crippen molar-refractivity contribution in [1.29, 1.82) is 5.26 Å². The van der Waals surface area contributed by atoms with E-state index < -0.39 is 234 Å². The van der Waals surface area contributed by atoms with E-state index in [1.54, 1.807) is 6.07 Å². The van der Waals surface area contributed by atoms with E-state index in [4.69, 9.17) is 0 Å². The summed E-state index contributed by atoms with van der Waals surface area (Å²) in [6.07, 6.45) is -55.4. The van der Waals surface area contributed by atoms with Crippen LogP contribution < -0.4 is 0 Å². The Bertz CT molecular complexity index is 5110. The van der Waals surface area contributed by atoms with Gasteiger partial charge in [-0.3, -0.25) is 0 Å². The van der Waals surface area contributed by atoms with E-state index in [0.717, 1.165) is 94.1 Å². The largest absolute Gasteiger partial charge is 0.416 e. The fourth-order valence-corrected chi connectivity index (χ4v) is 12.1. The number of fused-ring (bicyclic) bond motifs is 6. The fourth-order valence-electron chi connectivity index (χ4n) is 12.1. The van der Waals surface area contributed by atoms with Gasteiger partial charge in [0.15, 0.2) is 0 Å². The average Bonchev–Trinajstić information content (AvgIpc) is 1.55. The molecule has 0 aliphatic carbocycles. The third-order valence-electron chi connectivity index (χ3n) is 16.8. The molecule has 2 aromatic heterocycles. The normalized spacial score (nSPS) is 13.5. The third-order valence-corrected chi connectivity index (χ3v) is 16.8. The maximum Gasteiger partial charge on any atom is 0.416 e. The molecule has 0 N–H and O–H groups in total. The summed E-state index contributed by atoms with van der Waals surface area (Å²) in [5.41, 5.74) is -30.7. The Labute approximate surface area is 560 Å². The SMILES string of the molecule is N#Cc1cc(-n2c3ccc(-c4cc(C(F)(F)F)cc(C(F)(F)F)c4)cc3c3cc(-c4cc(C(F)(F)F)cc(C(F)(F)F)c4)ccc32)c(-c2cc(C(F)(F)F)cc(C(F)(F)F)c2)cc1-n1c2ccc(-c3cc(C(F)(F)F)cc(C(F)(F)F)c3)cc2c2cc(-c3cc(C(F)(F)F)cc(C(F)(F)F)c3)ccc21. The number of alkyl halides is 30. The van der Waals surface area contributed by atoms with Gasteiger partial charge in [-0.15, -0.1) is 0 Å². The highest BCUT2D eigenvalue weighted by Crippen LogP contribution is 2.50. The van der Waals surface area contributed by atoms with Crippen LogP contribution in [0.3, 0.4) is 0 Å². The van der Waals surface area contributed by atoms with Crippen LogP contribution in [-0.2, 0) is 61.8 Å². The fraction of sp³-hybridized carbons (Fsp3) is 0.141. The van der Waals surface area contributed by atoms with Gasteiger partial charge in [0.1, 0.15) is 6.07 Å². The molecule has 3 nitrogen and oxygen atoms in total. The van der Waals surface area contributed by atoms with E-state index in [1.165, 1.54) is 0 Å². The molecule has 538 valence electrons. The number of hydrogen-bond acceptors (Lipinski definition) is 1. The zero-order chi connectivity index (χ0) is 76.3. The first-order chi connectivity index (χ1) is 47.7. The Balaban J connectivity index is 1.22. The first-order valence-electron chi connectivity index (χ1n) is 29.0. The van der Waals surface area contributed by atoms with Gasteiger partial charge in [-0.2, -0.15) is 137 Å². The van der Waals surface area contributed by atoms with Crippen molar-refractivity contribution in [3.05, 3.63) is 237 Å². The summed E-state index contributed by atoms with van der Waals surface area (Å²) in [7, 11) is 0. The van der Waals surface area contributed by atoms with Crippen LogP contribution in [0.25, 0.3) is 111 Å². The van der Waals surface area contributed by atoms with E-state index >= 15 is 26.3 Å². The van der Waals surface area contributed by atoms with E-state index in [1.807, 2.05) is 0 Å². The molecule has 2 heterocycles. The molecule has 0 bridgehead atoms. The monoisotopic (exact) mass is 1490 g/mol. The highest BCUT2D eigenvalue weighted by atomic mass is 19.4. The van der Waals surface area contributed by atoms with Crippen molar-refractivity contribution in [3.63, 3.8) is 0 Å². The second kappa shape index (κ2) is 24.1. The standard InChI is InChI=1S/C71H29F30N3/c72-62(73,74)41-9-35(10-42(24-41)63(75,76)77)31-1-5-56-52(19-31)53-20-32(36-11-43(64(78,79)80)25-44(12-36)65(81,82)83)2-6-57(53)103(56)60-29-51(39-17-49(70(96,97)98)28-50(18-39)71(99,100)101)61(23-40(60)30-102)104-58-7-3-33(37-13-45(66(84,85)86)26-46(14-37)67(87,88)89)21-54(58)55-22-34(4-8-59(55)104)38-15-47(68(90,91)92)27-48(16-38)69(93,94)95/h1-29H. The van der Waals surface area contributed by atoms with E-state index in [9.17, 15) is 111 Å². The first kappa shape index (κ1) is 73.0. The van der Waals surface area contributed by atoms with Crippen LogP contribution in [0, 0.1) is 11.3 Å². The molecule has 0 saturated heterocycles. The summed E-state index contributed by atoms with van der Waals surface area (Å²) >= 11 is 0. The molecule has 0 unspecified atom stereocenters. The Morgan fingerprint density at radius 3 is 0.587 bits per heavy atom. The molecule has 0 aliphatic heterocycles. The predicted octanol–water partition coefficient (Wildman–Crippen LogP) is 26.3. The van der Waals surface area contributed by atoms with E-state index in [0.29, 0.717) is 0 Å². The van der Waals surface area contributed by atoms with Crippen LogP contribution in [0.1, 0.15) is 61.2 Å². The maximum absolute atomic E-state index is 15.1. The van der Waals surface area contributed by atoms with Crippen molar-refractivity contribution < 1.29 is 132 Å². The quantitative estimate of drug-likeness (QED) is 0.146. The number of nitrogens with zero attached hydrogens (tertiary/aromatic N) is 3. The molecule has 0 fully saturated rings. The van der Waals surface area contributed by atoms with Gasteiger partial charge >= 0.3 is 61.8 Å². The Hall–Kier alpha value is -10.8. The van der Waals surface area contributed by atoms with Gasteiger partial charge in [0.25, 0.3) is 0 Å². The number of rotatable bonds is 7. The highest BCUT2D eigenvalue weighted by molar-refractivity contribution is 6.14. The van der Waals surface area contributed by atoms with Crippen LogP contribution in [0.4, 0.5) is 132 Å². The molecular weight excluding hydrogens is 1460 g/mol. The number of aromatic nitrogens is 2. The first-order valence-corrected chi connectivity index (χ1v) is 29.0. The van der Waals surface area contributed by atoms with Gasteiger partial charge < -0.3 is 9.13 Å². The number of hydrogen-bond donors (Lipinski definition) is 0. The smallest absolute Gasteiger partial charge is 0.309 e. The molecule has 0 spiro atoms. The molecule has 33 heteroatoms. The van der Waals surface area contributed by atoms with Crippen LogP contribution in [0.5, 0.6) is 0 Å². The summed E-state index contributed by atoms with van der Waals surface area (Å²) < 4.78 is 437. The topological polar surface area (TPSA) is 33.6 Å². The van der Waals surface area contributed by atoms with Gasteiger partial charge in [0.2, 0.25) is 0 Å². The van der Waals surface area contributed by atoms with Crippen molar-refractivity contribution in [2.75, 3.05) is 0 Å². The van der Waals surface area contributed by atoms with Crippen molar-refractivity contribution in [2.24, 2.45) is 0 Å². The summed E-state index contributed by atoms with van der Waals surface area (Å²) in [5, 5.41) is 9.57. The molecule has 0 atom stereocenters. The Kier molecular flexibility index (Phi) is 16.9. The number of nitriles is 1. The minimum atomic E-state index is -5.71. The zero-order valence-electron chi connectivity index (χ0n) is 50.4. The second-order valence-electron chi connectivity index (χ2n) is 23.6. The molecule has 12 rings (SSSR count). The predicted molar refractivity (Wildman–Crippen MR) is 317 cm³/mol. The third kappa shape index (κ3) is 13.9. The van der Waals surface area contributed by atoms with Crippen molar-refractivity contribution in [3.8, 4) is 73.1 Å². The van der Waals surface area contributed by atoms with E-state index in [-0.39, 0.29) is 91.0 Å². The van der Waals surface area contributed by atoms with Gasteiger partial charge in [-0.1, -0.05) is 24.3 Å². The lowest BCUT2D eigenvalue weighted by Crippen LogP contribution is -2.11. The van der Waals surface area contributed by atoms with Gasteiger partial charge in [-0.25, -0.2) is 0 Å². The molecular formula is C71H29F30N3. The molecule has 0 radical (unpaired) electrons. The van der Waals surface area contributed by atoms with Crippen LogP contribution in [-0.4, -0.2) is 9.13 Å². The van der Waals surface area contributed by atoms with Crippen molar-refractivity contribution >= 4 is 43.6 Å². The lowest BCUT2D eigenvalue weighted by atomic mass is 9.95. The van der Waals surface area contributed by atoms with Crippen LogP contribution in [0.2, 0.25) is 0 Å². The van der Waals surface area contributed by atoms with Crippen molar-refractivity contribution in [1.82, 2.24) is 9.13 Å². The minimum absolute atomic E-state index is 0.130. The molecule has 0 aliphatic rings. The molecule has 0 saturated carbocycles. The summed E-state index contributed by atoms with van der Waals surface area (Å²) in [5.74, 6) is 0. The van der Waals surface area contributed by atoms with Gasteiger partial charge in [0.05, 0.1) is 94.6 Å². The number of benzene rings is 10. The second-order valence-corrected chi connectivity index (χ2v) is 23.6. The van der Waals surface area contributed by atoms with Gasteiger partial charge in [0, 0.05) is 27.1 Å². The van der Waals surface area contributed by atoms with Gasteiger partial charge in [-0.05, 0) is 202 Å². The summed E-state index contributed by atoms with van der Waals surface area (Å²) in [6.45, 7) is 0. The lowest BCUT2D eigenvalue weighted by molar-refractivity contribution is -0.144. The summed E-state index contributed by atoms with van der Waals surface area (Å²) in [6, 6.07) is 14.6. The lowest BCUT2D eigenvalue weighted by Gasteiger charge is -2.21. The Morgan fingerprint density at radius 1 is 0.202 bits per heavy atom. The average molecular weight is 1490 g/mol. The Morgan fingerprint density at radius 2 is 0.394 bits per heavy atom. The van der Waals surface area contributed by atoms with E-state index in [2.05, 4.69) is 0 Å². The minimum Gasteiger partial charge on any atom is -0.309 e. The molecule has 12 aromatic rings. The van der Waals surface area contributed by atoms with Crippen molar-refractivity contribution in [2.45, 2.75) is 61.8 Å². The van der Waals surface area contributed by atoms with Crippen LogP contribution >= 0.6 is 0 Å².